The lowest BCUT2D eigenvalue weighted by Crippen LogP contribution is -2.10. The van der Waals surface area contributed by atoms with Crippen LogP contribution < -0.4 is 5.32 Å². The second-order valence-electron chi connectivity index (χ2n) is 4.77. The van der Waals surface area contributed by atoms with Crippen LogP contribution in [0, 0.1) is 6.92 Å². The molecule has 0 aliphatic rings. The molecule has 0 unspecified atom stereocenters. The van der Waals surface area contributed by atoms with Crippen molar-refractivity contribution in [2.24, 2.45) is 0 Å². The first kappa shape index (κ1) is 14.8. The number of anilines is 1. The molecule has 6 heteroatoms. The van der Waals surface area contributed by atoms with Crippen LogP contribution in [0.3, 0.4) is 0 Å². The zero-order chi connectivity index (χ0) is 15.5. The Hall–Kier alpha value is -2.11. The van der Waals surface area contributed by atoms with Crippen molar-refractivity contribution in [1.29, 1.82) is 0 Å². The van der Waals surface area contributed by atoms with Crippen LogP contribution in [0.4, 0.5) is 5.13 Å². The van der Waals surface area contributed by atoms with Crippen molar-refractivity contribution in [1.82, 2.24) is 4.98 Å². The van der Waals surface area contributed by atoms with Crippen molar-refractivity contribution in [2.75, 3.05) is 5.32 Å². The number of carbonyl (C=O) groups is 1. The molecule has 0 saturated carbocycles. The average molecular weight is 333 g/mol. The number of carbonyl (C=O) groups excluding carboxylic acids is 1. The highest BCUT2D eigenvalue weighted by Gasteiger charge is 2.13. The molecule has 1 amide bonds. The van der Waals surface area contributed by atoms with Gasteiger partial charge in [-0.2, -0.15) is 0 Å². The number of furan rings is 1. The van der Waals surface area contributed by atoms with Crippen LogP contribution in [0.1, 0.15) is 26.7 Å². The highest BCUT2D eigenvalue weighted by atomic mass is 35.5. The predicted molar refractivity (Wildman–Crippen MR) is 87.8 cm³/mol. The van der Waals surface area contributed by atoms with E-state index in [0.29, 0.717) is 10.2 Å². The van der Waals surface area contributed by atoms with Gasteiger partial charge in [0.15, 0.2) is 10.9 Å². The molecule has 1 aromatic carbocycles. The fraction of sp³-hybridized carbons (Fsp3) is 0.125. The first-order valence-electron chi connectivity index (χ1n) is 6.67. The van der Waals surface area contributed by atoms with Crippen LogP contribution in [0.25, 0.3) is 0 Å². The summed E-state index contributed by atoms with van der Waals surface area (Å²) in [7, 11) is 0. The summed E-state index contributed by atoms with van der Waals surface area (Å²) in [6.45, 7) is 1.93. The van der Waals surface area contributed by atoms with Crippen LogP contribution in [0.2, 0.25) is 5.02 Å². The topological polar surface area (TPSA) is 55.1 Å². The SMILES string of the molecule is Cc1nc(NC(=O)c2ccco2)sc1Cc1cccc(Cl)c1. The quantitative estimate of drug-likeness (QED) is 0.763. The number of rotatable bonds is 4. The van der Waals surface area contributed by atoms with Crippen molar-refractivity contribution < 1.29 is 9.21 Å². The second-order valence-corrected chi connectivity index (χ2v) is 6.29. The number of aryl methyl sites for hydroxylation is 1. The summed E-state index contributed by atoms with van der Waals surface area (Å²) in [4.78, 5) is 17.4. The van der Waals surface area contributed by atoms with E-state index in [1.165, 1.54) is 17.6 Å². The molecule has 0 fully saturated rings. The molecule has 0 radical (unpaired) electrons. The van der Waals surface area contributed by atoms with Crippen LogP contribution >= 0.6 is 22.9 Å². The summed E-state index contributed by atoms with van der Waals surface area (Å²) >= 11 is 7.46. The Bertz CT molecular complexity index is 796. The van der Waals surface area contributed by atoms with E-state index in [0.717, 1.165) is 22.6 Å². The molecule has 112 valence electrons. The zero-order valence-corrected chi connectivity index (χ0v) is 13.4. The molecule has 22 heavy (non-hydrogen) atoms. The number of hydrogen-bond acceptors (Lipinski definition) is 4. The Balaban J connectivity index is 1.75. The molecule has 0 saturated heterocycles. The molecule has 0 aliphatic heterocycles. The molecular weight excluding hydrogens is 320 g/mol. The van der Waals surface area contributed by atoms with Gasteiger partial charge in [0.05, 0.1) is 12.0 Å². The molecule has 0 spiro atoms. The van der Waals surface area contributed by atoms with Crippen molar-refractivity contribution in [3.63, 3.8) is 0 Å². The number of nitrogens with zero attached hydrogens (tertiary/aromatic N) is 1. The Kier molecular flexibility index (Phi) is 4.27. The lowest BCUT2D eigenvalue weighted by Gasteiger charge is -2.00. The number of amides is 1. The van der Waals surface area contributed by atoms with Crippen LogP contribution in [0.5, 0.6) is 0 Å². The maximum atomic E-state index is 11.9. The third kappa shape index (κ3) is 3.37. The molecule has 0 bridgehead atoms. The fourth-order valence-corrected chi connectivity index (χ4v) is 3.25. The van der Waals surface area contributed by atoms with E-state index >= 15 is 0 Å². The normalized spacial score (nSPS) is 10.6. The minimum Gasteiger partial charge on any atom is -0.459 e. The Labute approximate surface area is 136 Å². The Morgan fingerprint density at radius 3 is 2.95 bits per heavy atom. The first-order chi connectivity index (χ1) is 10.6. The lowest BCUT2D eigenvalue weighted by atomic mass is 10.1. The summed E-state index contributed by atoms with van der Waals surface area (Å²) in [5, 5.41) is 4.03. The van der Waals surface area contributed by atoms with Gasteiger partial charge < -0.3 is 4.42 Å². The molecule has 3 rings (SSSR count). The third-order valence-electron chi connectivity index (χ3n) is 3.11. The van der Waals surface area contributed by atoms with Crippen molar-refractivity contribution >= 4 is 34.0 Å². The van der Waals surface area contributed by atoms with E-state index in [4.69, 9.17) is 16.0 Å². The van der Waals surface area contributed by atoms with Crippen molar-refractivity contribution in [3.8, 4) is 0 Å². The maximum absolute atomic E-state index is 11.9. The smallest absolute Gasteiger partial charge is 0.293 e. The summed E-state index contributed by atoms with van der Waals surface area (Å²) in [5.41, 5.74) is 2.02. The highest BCUT2D eigenvalue weighted by molar-refractivity contribution is 7.15. The van der Waals surface area contributed by atoms with Crippen LogP contribution in [-0.2, 0) is 6.42 Å². The molecule has 2 aromatic heterocycles. The van der Waals surface area contributed by atoms with Gasteiger partial charge in [-0.1, -0.05) is 23.7 Å². The molecule has 1 N–H and O–H groups in total. The molecule has 0 aliphatic carbocycles. The minimum absolute atomic E-state index is 0.268. The van der Waals surface area contributed by atoms with Gasteiger partial charge in [0.25, 0.3) is 5.91 Å². The van der Waals surface area contributed by atoms with E-state index in [1.807, 2.05) is 31.2 Å². The molecular formula is C16H13ClN2O2S. The van der Waals surface area contributed by atoms with Gasteiger partial charge >= 0.3 is 0 Å². The van der Waals surface area contributed by atoms with E-state index in [-0.39, 0.29) is 11.7 Å². The number of benzene rings is 1. The van der Waals surface area contributed by atoms with Crippen molar-refractivity contribution in [2.45, 2.75) is 13.3 Å². The van der Waals surface area contributed by atoms with Gasteiger partial charge in [-0.05, 0) is 36.8 Å². The van der Waals surface area contributed by atoms with Gasteiger partial charge in [-0.15, -0.1) is 11.3 Å². The largest absolute Gasteiger partial charge is 0.459 e. The summed E-state index contributed by atoms with van der Waals surface area (Å²) in [5.74, 6) is -0.0303. The third-order valence-corrected chi connectivity index (χ3v) is 4.42. The number of thiazole rings is 1. The lowest BCUT2D eigenvalue weighted by molar-refractivity contribution is 0.0996. The first-order valence-corrected chi connectivity index (χ1v) is 7.87. The van der Waals surface area contributed by atoms with Gasteiger partial charge in [-0.3, -0.25) is 10.1 Å². The van der Waals surface area contributed by atoms with E-state index in [1.54, 1.807) is 12.1 Å². The second kappa shape index (κ2) is 6.34. The summed E-state index contributed by atoms with van der Waals surface area (Å²) in [6.07, 6.45) is 2.20. The zero-order valence-electron chi connectivity index (χ0n) is 11.8. The molecule has 3 aromatic rings. The number of aromatic nitrogens is 1. The number of halogens is 1. The van der Waals surface area contributed by atoms with Crippen LogP contribution in [-0.4, -0.2) is 10.9 Å². The van der Waals surface area contributed by atoms with Gasteiger partial charge in [0, 0.05) is 16.3 Å². The predicted octanol–water partition coefficient (Wildman–Crippen LogP) is 4.54. The monoisotopic (exact) mass is 332 g/mol. The molecule has 4 nitrogen and oxygen atoms in total. The van der Waals surface area contributed by atoms with Gasteiger partial charge in [-0.25, -0.2) is 4.98 Å². The van der Waals surface area contributed by atoms with Gasteiger partial charge in [0.2, 0.25) is 0 Å². The van der Waals surface area contributed by atoms with Gasteiger partial charge in [0.1, 0.15) is 0 Å². The van der Waals surface area contributed by atoms with E-state index in [9.17, 15) is 4.79 Å². The molecule has 2 heterocycles. The summed E-state index contributed by atoms with van der Waals surface area (Å²) < 4.78 is 5.06. The highest BCUT2D eigenvalue weighted by Crippen LogP contribution is 2.26. The van der Waals surface area contributed by atoms with E-state index in [2.05, 4.69) is 10.3 Å². The summed E-state index contributed by atoms with van der Waals surface area (Å²) in [6, 6.07) is 11.0. The van der Waals surface area contributed by atoms with E-state index < -0.39 is 0 Å². The average Bonchev–Trinajstić information content (AvgIpc) is 3.10. The number of nitrogens with one attached hydrogen (secondary N) is 1. The Morgan fingerprint density at radius 2 is 2.23 bits per heavy atom. The molecule has 0 atom stereocenters. The maximum Gasteiger partial charge on any atom is 0.293 e. The fourth-order valence-electron chi connectivity index (χ4n) is 2.04. The van der Waals surface area contributed by atoms with Crippen molar-refractivity contribution in [3.05, 3.63) is 69.6 Å². The minimum atomic E-state index is -0.298. The van der Waals surface area contributed by atoms with Crippen LogP contribution in [0.15, 0.2) is 47.1 Å². The number of hydrogen-bond donors (Lipinski definition) is 1. The standard InChI is InChI=1S/C16H13ClN2O2S/c1-10-14(9-11-4-2-5-12(17)8-11)22-16(18-10)19-15(20)13-6-3-7-21-13/h2-8H,9H2,1H3,(H,18,19,20). The Morgan fingerprint density at radius 1 is 1.36 bits per heavy atom.